The summed E-state index contributed by atoms with van der Waals surface area (Å²) in [7, 11) is 0. The molecule has 24 heavy (non-hydrogen) atoms. The van der Waals surface area contributed by atoms with E-state index in [4.69, 9.17) is 18.9 Å². The summed E-state index contributed by atoms with van der Waals surface area (Å²) in [6, 6.07) is 9.94. The molecule has 3 fully saturated rings. The fourth-order valence-corrected chi connectivity index (χ4v) is 4.91. The number of benzene rings is 1. The van der Waals surface area contributed by atoms with Crippen LogP contribution in [0.4, 0.5) is 0 Å². The Labute approximate surface area is 146 Å². The second-order valence-electron chi connectivity index (χ2n) is 6.42. The largest absolute Gasteiger partial charge is 0.458 e. The molecule has 0 N–H and O–H groups in total. The molecule has 0 spiro atoms. The molecule has 0 aromatic heterocycles. The van der Waals surface area contributed by atoms with Gasteiger partial charge >= 0.3 is 5.97 Å². The van der Waals surface area contributed by atoms with Crippen LogP contribution in [0.1, 0.15) is 25.7 Å². The van der Waals surface area contributed by atoms with Crippen molar-refractivity contribution in [3.05, 3.63) is 35.9 Å². The van der Waals surface area contributed by atoms with Gasteiger partial charge in [0.2, 0.25) is 0 Å². The van der Waals surface area contributed by atoms with Crippen LogP contribution in [0.5, 0.6) is 0 Å². The number of esters is 1. The first-order valence-electron chi connectivity index (χ1n) is 8.45. The molecule has 6 heteroatoms. The summed E-state index contributed by atoms with van der Waals surface area (Å²) in [5, 5.41) is 0. The summed E-state index contributed by atoms with van der Waals surface area (Å²) in [4.78, 5) is 11.5. The van der Waals surface area contributed by atoms with Crippen molar-refractivity contribution in [2.45, 2.75) is 43.9 Å². The van der Waals surface area contributed by atoms with Gasteiger partial charge in [-0.25, -0.2) is 0 Å². The molecule has 0 amide bonds. The minimum absolute atomic E-state index is 0.0146. The van der Waals surface area contributed by atoms with Crippen molar-refractivity contribution in [3.8, 4) is 0 Å². The number of ether oxygens (including phenoxy) is 4. The van der Waals surface area contributed by atoms with E-state index in [-0.39, 0.29) is 47.8 Å². The number of thioether (sulfide) groups is 1. The minimum Gasteiger partial charge on any atom is -0.458 e. The molecule has 1 aromatic rings. The quantitative estimate of drug-likeness (QED) is 0.779. The average molecular weight is 350 g/mol. The predicted octanol–water partition coefficient (Wildman–Crippen LogP) is 2.76. The van der Waals surface area contributed by atoms with Crippen molar-refractivity contribution in [3.63, 3.8) is 0 Å². The number of rotatable bonds is 4. The Morgan fingerprint density at radius 2 is 2.00 bits per heavy atom. The van der Waals surface area contributed by atoms with Crippen molar-refractivity contribution >= 4 is 17.7 Å². The van der Waals surface area contributed by atoms with Crippen LogP contribution >= 0.6 is 11.8 Å². The summed E-state index contributed by atoms with van der Waals surface area (Å²) in [6.07, 6.45) is -0.529. The van der Waals surface area contributed by atoms with E-state index in [1.807, 2.05) is 30.3 Å². The monoisotopic (exact) mass is 350 g/mol. The third-order valence-electron chi connectivity index (χ3n) is 4.97. The van der Waals surface area contributed by atoms with E-state index in [1.165, 1.54) is 6.92 Å². The van der Waals surface area contributed by atoms with Gasteiger partial charge in [0, 0.05) is 18.4 Å². The lowest BCUT2D eigenvalue weighted by atomic mass is 9.67. The molecule has 130 valence electrons. The molecule has 5 unspecified atom stereocenters. The van der Waals surface area contributed by atoms with Crippen molar-refractivity contribution in [1.29, 1.82) is 0 Å². The molecule has 5 nitrogen and oxygen atoms in total. The highest BCUT2D eigenvalue weighted by atomic mass is 32.2. The van der Waals surface area contributed by atoms with Gasteiger partial charge in [0.05, 0.1) is 24.7 Å². The molecular weight excluding hydrogens is 328 g/mol. The van der Waals surface area contributed by atoms with Gasteiger partial charge in [-0.2, -0.15) is 0 Å². The highest BCUT2D eigenvalue weighted by molar-refractivity contribution is 7.99. The van der Waals surface area contributed by atoms with Crippen molar-refractivity contribution in [2.75, 3.05) is 12.4 Å². The molecule has 1 aromatic carbocycles. The molecule has 3 aliphatic rings. The van der Waals surface area contributed by atoms with Gasteiger partial charge in [-0.3, -0.25) is 4.79 Å². The number of fused-ring (bicyclic) bond motifs is 4. The smallest absolute Gasteiger partial charge is 0.303 e. The number of carbonyl (C=O) groups excluding carboxylic acids is 1. The maximum absolute atomic E-state index is 11.5. The van der Waals surface area contributed by atoms with E-state index in [0.717, 1.165) is 11.3 Å². The molecule has 2 aliphatic heterocycles. The molecule has 2 heterocycles. The van der Waals surface area contributed by atoms with E-state index in [1.54, 1.807) is 11.8 Å². The normalized spacial score (nSPS) is 40.3. The SMILES string of the molecule is CCS[C@@H]1OC2C3COC(c4ccccc4)O[C@H]3C2C1OC(C)=O. The maximum Gasteiger partial charge on any atom is 0.303 e. The van der Waals surface area contributed by atoms with Crippen LogP contribution in [0.3, 0.4) is 0 Å². The van der Waals surface area contributed by atoms with Gasteiger partial charge in [-0.05, 0) is 5.75 Å². The highest BCUT2D eigenvalue weighted by Gasteiger charge is 2.65. The van der Waals surface area contributed by atoms with Crippen LogP contribution in [0.2, 0.25) is 0 Å². The summed E-state index contributed by atoms with van der Waals surface area (Å²) in [5.74, 6) is 0.968. The summed E-state index contributed by atoms with van der Waals surface area (Å²) in [5.41, 5.74) is 0.903. The lowest BCUT2D eigenvalue weighted by Crippen LogP contribution is -2.62. The zero-order chi connectivity index (χ0) is 16.7. The number of carbonyl (C=O) groups is 1. The van der Waals surface area contributed by atoms with Gasteiger partial charge in [0.15, 0.2) is 6.29 Å². The van der Waals surface area contributed by atoms with Gasteiger partial charge in [0.25, 0.3) is 0 Å². The van der Waals surface area contributed by atoms with Gasteiger partial charge < -0.3 is 18.9 Å². The Kier molecular flexibility index (Phi) is 4.56. The van der Waals surface area contributed by atoms with Crippen molar-refractivity contribution in [2.24, 2.45) is 11.8 Å². The molecule has 0 radical (unpaired) electrons. The number of hydrogen-bond donors (Lipinski definition) is 0. The third-order valence-corrected chi connectivity index (χ3v) is 6.01. The van der Waals surface area contributed by atoms with Crippen molar-refractivity contribution in [1.82, 2.24) is 0 Å². The molecule has 1 aliphatic carbocycles. The second kappa shape index (κ2) is 6.67. The van der Waals surface area contributed by atoms with Crippen molar-refractivity contribution < 1.29 is 23.7 Å². The molecule has 0 bridgehead atoms. The summed E-state index contributed by atoms with van der Waals surface area (Å²) >= 11 is 1.68. The topological polar surface area (TPSA) is 54.0 Å². The molecule has 7 atom stereocenters. The van der Waals surface area contributed by atoms with Crippen LogP contribution in [0, 0.1) is 11.8 Å². The van der Waals surface area contributed by atoms with Crippen LogP contribution < -0.4 is 0 Å². The Hall–Kier alpha value is -1.08. The van der Waals surface area contributed by atoms with E-state index < -0.39 is 0 Å². The first-order chi connectivity index (χ1) is 11.7. The predicted molar refractivity (Wildman–Crippen MR) is 89.3 cm³/mol. The Balaban J connectivity index is 1.51. The zero-order valence-corrected chi connectivity index (χ0v) is 14.6. The van der Waals surface area contributed by atoms with Gasteiger partial charge in [-0.15, -0.1) is 11.8 Å². The molecule has 1 saturated carbocycles. The summed E-state index contributed by atoms with van der Waals surface area (Å²) < 4.78 is 23.9. The van der Waals surface area contributed by atoms with Crippen LogP contribution in [-0.2, 0) is 23.7 Å². The number of hydrogen-bond acceptors (Lipinski definition) is 6. The summed E-state index contributed by atoms with van der Waals surface area (Å²) in [6.45, 7) is 4.15. The fourth-order valence-electron chi connectivity index (χ4n) is 3.95. The molecule has 2 saturated heterocycles. The van der Waals surface area contributed by atoms with Crippen LogP contribution in [0.25, 0.3) is 0 Å². The molecule has 4 rings (SSSR count). The Bertz CT molecular complexity index is 594. The first-order valence-corrected chi connectivity index (χ1v) is 9.50. The van der Waals surface area contributed by atoms with Gasteiger partial charge in [-0.1, -0.05) is 37.3 Å². The lowest BCUT2D eigenvalue weighted by molar-refractivity contribution is -0.314. The standard InChI is InChI=1S/C18H22O5S/c1-3-24-18-16(21-10(2)19)13-14-12(15(13)23-18)9-20-17(22-14)11-7-5-4-6-8-11/h4-8,12-18H,3,9H2,1-2H3/t12?,13?,14-,15?,16?,17?,18+/m1/s1. The molecular formula is C18H22O5S. The fraction of sp³-hybridized carbons (Fsp3) is 0.611. The maximum atomic E-state index is 11.5. The van der Waals surface area contributed by atoms with Crippen LogP contribution in [-0.4, -0.2) is 42.1 Å². The Morgan fingerprint density at radius 3 is 2.71 bits per heavy atom. The minimum atomic E-state index is -0.357. The van der Waals surface area contributed by atoms with E-state index in [0.29, 0.717) is 6.61 Å². The van der Waals surface area contributed by atoms with E-state index in [9.17, 15) is 4.79 Å². The van der Waals surface area contributed by atoms with Crippen LogP contribution in [0.15, 0.2) is 30.3 Å². The zero-order valence-electron chi connectivity index (χ0n) is 13.8. The third kappa shape index (κ3) is 2.75. The van der Waals surface area contributed by atoms with E-state index >= 15 is 0 Å². The Morgan fingerprint density at radius 1 is 1.25 bits per heavy atom. The highest BCUT2D eigenvalue weighted by Crippen LogP contribution is 2.54. The average Bonchev–Trinajstić information content (AvgIpc) is 2.87. The first kappa shape index (κ1) is 16.4. The second-order valence-corrected chi connectivity index (χ2v) is 7.79. The van der Waals surface area contributed by atoms with Gasteiger partial charge in [0.1, 0.15) is 11.5 Å². The lowest BCUT2D eigenvalue weighted by Gasteiger charge is -2.52. The van der Waals surface area contributed by atoms with E-state index in [2.05, 4.69) is 6.92 Å².